The number of phenols is 2. The molecule has 5 rings (SSSR count). The normalized spacial score (nSPS) is 28.9. The summed E-state index contributed by atoms with van der Waals surface area (Å²) in [6.45, 7) is 6.66. The van der Waals surface area contributed by atoms with Crippen LogP contribution in [-0.4, -0.2) is 16.1 Å². The number of anilines is 1. The Balaban J connectivity index is 1.49. The number of phenolic OH excluding ortho intramolecular Hbond substituents is 2. The number of hydrogen-bond acceptors (Lipinski definition) is 4. The summed E-state index contributed by atoms with van der Waals surface area (Å²) in [5.41, 5.74) is 3.69. The summed E-state index contributed by atoms with van der Waals surface area (Å²) in [5.74, 6) is 1.98. The van der Waals surface area contributed by atoms with Crippen LogP contribution in [0.1, 0.15) is 68.7 Å². The van der Waals surface area contributed by atoms with Gasteiger partial charge in [0.05, 0.1) is 0 Å². The Bertz CT molecular complexity index is 1120. The number of aromatic hydroxyl groups is 2. The predicted molar refractivity (Wildman–Crippen MR) is 128 cm³/mol. The Morgan fingerprint density at radius 2 is 2.00 bits per heavy atom. The molecular weight excluding hydrogens is 414 g/mol. The highest BCUT2D eigenvalue weighted by Gasteiger charge is 2.49. The van der Waals surface area contributed by atoms with E-state index in [1.54, 1.807) is 11.0 Å². The number of carbonyl (C=O) groups excluding carboxylic acids is 1. The molecule has 2 aromatic rings. The third-order valence-corrected chi connectivity index (χ3v) is 8.00. The van der Waals surface area contributed by atoms with Gasteiger partial charge in [-0.3, -0.25) is 9.69 Å². The minimum Gasteiger partial charge on any atom is -0.508 e. The largest absolute Gasteiger partial charge is 0.508 e. The summed E-state index contributed by atoms with van der Waals surface area (Å²) in [5, 5.41) is 20.8. The van der Waals surface area contributed by atoms with Crippen LogP contribution in [0.4, 0.5) is 5.69 Å². The van der Waals surface area contributed by atoms with E-state index in [2.05, 4.69) is 13.8 Å². The van der Waals surface area contributed by atoms with E-state index in [1.165, 1.54) is 12.5 Å². The lowest BCUT2D eigenvalue weighted by molar-refractivity contribution is -0.118. The van der Waals surface area contributed by atoms with E-state index in [1.807, 2.05) is 37.4 Å². The summed E-state index contributed by atoms with van der Waals surface area (Å²) in [6.07, 6.45) is 9.17. The molecule has 174 valence electrons. The smallest absolute Gasteiger partial charge is 0.231 e. The van der Waals surface area contributed by atoms with Crippen molar-refractivity contribution in [2.24, 2.45) is 17.3 Å². The van der Waals surface area contributed by atoms with E-state index in [9.17, 15) is 15.0 Å². The van der Waals surface area contributed by atoms with Gasteiger partial charge in [0.2, 0.25) is 5.91 Å². The standard InChI is InChI=1S/C28H33NO4/c1-17-9-10-28(3,16-17)23-15-21-22(13-20(30)14-24(21)31)27(23)33-25-8-7-19(12-18(25)2)29-11-5-4-6-26(29)32/h5,7-8,11-14,17,23,27,30-31H,4,6,9-10,15-16H2,1-3H3. The van der Waals surface area contributed by atoms with E-state index >= 15 is 0 Å². The van der Waals surface area contributed by atoms with Crippen molar-refractivity contribution in [3.8, 4) is 17.2 Å². The third-order valence-electron chi connectivity index (χ3n) is 8.00. The van der Waals surface area contributed by atoms with Crippen LogP contribution in [0.5, 0.6) is 17.2 Å². The molecule has 0 aromatic heterocycles. The van der Waals surface area contributed by atoms with Crippen LogP contribution in [0.3, 0.4) is 0 Å². The van der Waals surface area contributed by atoms with Gasteiger partial charge in [-0.1, -0.05) is 26.3 Å². The summed E-state index contributed by atoms with van der Waals surface area (Å²) >= 11 is 0. The van der Waals surface area contributed by atoms with Crippen molar-refractivity contribution in [1.82, 2.24) is 0 Å². The molecule has 33 heavy (non-hydrogen) atoms. The number of amides is 1. The van der Waals surface area contributed by atoms with Crippen molar-refractivity contribution in [2.45, 2.75) is 65.4 Å². The molecule has 2 aromatic carbocycles. The number of fused-ring (bicyclic) bond motifs is 1. The fourth-order valence-corrected chi connectivity index (χ4v) is 6.23. The molecule has 0 spiro atoms. The first-order chi connectivity index (χ1) is 15.7. The molecule has 2 aliphatic carbocycles. The highest BCUT2D eigenvalue weighted by Crippen LogP contribution is 2.57. The van der Waals surface area contributed by atoms with Crippen LogP contribution < -0.4 is 9.64 Å². The molecule has 0 bridgehead atoms. The lowest BCUT2D eigenvalue weighted by Crippen LogP contribution is -2.31. The summed E-state index contributed by atoms with van der Waals surface area (Å²) in [6, 6.07) is 9.05. The monoisotopic (exact) mass is 447 g/mol. The molecule has 5 heteroatoms. The minimum absolute atomic E-state index is 0.0629. The minimum atomic E-state index is -0.241. The number of benzene rings is 2. The average Bonchev–Trinajstić information content (AvgIpc) is 3.31. The number of aryl methyl sites for hydroxylation is 1. The molecule has 1 aliphatic heterocycles. The zero-order valence-electron chi connectivity index (χ0n) is 19.7. The number of carbonyl (C=O) groups is 1. The van der Waals surface area contributed by atoms with Gasteiger partial charge in [0.15, 0.2) is 0 Å². The molecule has 3 aliphatic rings. The molecule has 2 N–H and O–H groups in total. The maximum atomic E-state index is 12.3. The molecule has 1 heterocycles. The third kappa shape index (κ3) is 3.88. The molecule has 5 nitrogen and oxygen atoms in total. The maximum Gasteiger partial charge on any atom is 0.231 e. The fraction of sp³-hybridized carbons (Fsp3) is 0.464. The second-order valence-electron chi connectivity index (χ2n) is 10.5. The lowest BCUT2D eigenvalue weighted by Gasteiger charge is -2.36. The van der Waals surface area contributed by atoms with Gasteiger partial charge < -0.3 is 14.9 Å². The van der Waals surface area contributed by atoms with Crippen molar-refractivity contribution < 1.29 is 19.7 Å². The van der Waals surface area contributed by atoms with Crippen molar-refractivity contribution >= 4 is 11.6 Å². The van der Waals surface area contributed by atoms with Gasteiger partial charge in [0.1, 0.15) is 23.4 Å². The number of rotatable bonds is 4. The van der Waals surface area contributed by atoms with E-state index in [0.29, 0.717) is 12.3 Å². The number of hydrogen-bond donors (Lipinski definition) is 2. The fourth-order valence-electron chi connectivity index (χ4n) is 6.23. The first kappa shape index (κ1) is 21.9. The van der Waals surface area contributed by atoms with Crippen LogP contribution in [-0.2, 0) is 11.2 Å². The van der Waals surface area contributed by atoms with Crippen molar-refractivity contribution in [3.63, 3.8) is 0 Å². The Hall–Kier alpha value is -2.95. The Morgan fingerprint density at radius 1 is 1.18 bits per heavy atom. The van der Waals surface area contributed by atoms with Crippen LogP contribution in [0.2, 0.25) is 0 Å². The Kier molecular flexibility index (Phi) is 5.38. The van der Waals surface area contributed by atoms with Crippen molar-refractivity contribution in [3.05, 3.63) is 59.3 Å². The summed E-state index contributed by atoms with van der Waals surface area (Å²) < 4.78 is 6.69. The van der Waals surface area contributed by atoms with E-state index in [4.69, 9.17) is 4.74 Å². The van der Waals surface area contributed by atoms with Crippen molar-refractivity contribution in [1.29, 1.82) is 0 Å². The second-order valence-corrected chi connectivity index (χ2v) is 10.5. The molecule has 4 atom stereocenters. The van der Waals surface area contributed by atoms with E-state index < -0.39 is 0 Å². The molecule has 1 amide bonds. The second kappa shape index (κ2) is 8.12. The number of nitrogens with zero attached hydrogens (tertiary/aromatic N) is 1. The molecule has 0 saturated heterocycles. The topological polar surface area (TPSA) is 70.0 Å². The molecule has 0 radical (unpaired) electrons. The number of ether oxygens (including phenoxy) is 1. The van der Waals surface area contributed by atoms with Crippen LogP contribution in [0.15, 0.2) is 42.6 Å². The SMILES string of the molecule is Cc1cc(N2C=CCCC2=O)ccc1OC1c2cc(O)cc(O)c2CC1C1(C)CCC(C)C1. The van der Waals surface area contributed by atoms with Gasteiger partial charge in [0, 0.05) is 41.4 Å². The lowest BCUT2D eigenvalue weighted by atomic mass is 9.72. The number of allylic oxidation sites excluding steroid dienone is 1. The van der Waals surface area contributed by atoms with Gasteiger partial charge in [-0.2, -0.15) is 0 Å². The summed E-state index contributed by atoms with van der Waals surface area (Å²) in [7, 11) is 0. The maximum absolute atomic E-state index is 12.3. The van der Waals surface area contributed by atoms with Gasteiger partial charge >= 0.3 is 0 Å². The predicted octanol–water partition coefficient (Wildman–Crippen LogP) is 6.17. The summed E-state index contributed by atoms with van der Waals surface area (Å²) in [4.78, 5) is 14.0. The molecule has 1 saturated carbocycles. The van der Waals surface area contributed by atoms with Crippen LogP contribution in [0, 0.1) is 24.2 Å². The Labute approximate surface area is 195 Å². The quantitative estimate of drug-likeness (QED) is 0.588. The average molecular weight is 448 g/mol. The molecule has 4 unspecified atom stereocenters. The van der Waals surface area contributed by atoms with Gasteiger partial charge in [-0.15, -0.1) is 0 Å². The van der Waals surface area contributed by atoms with Gasteiger partial charge in [-0.05, 0) is 73.8 Å². The van der Waals surface area contributed by atoms with Crippen LogP contribution >= 0.6 is 0 Å². The van der Waals surface area contributed by atoms with Crippen molar-refractivity contribution in [2.75, 3.05) is 4.90 Å². The van der Waals surface area contributed by atoms with E-state index in [-0.39, 0.29) is 34.8 Å². The highest BCUT2D eigenvalue weighted by atomic mass is 16.5. The molecule has 1 fully saturated rings. The first-order valence-corrected chi connectivity index (χ1v) is 12.1. The zero-order valence-corrected chi connectivity index (χ0v) is 19.7. The molecular formula is C28H33NO4. The van der Waals surface area contributed by atoms with Crippen LogP contribution in [0.25, 0.3) is 0 Å². The first-order valence-electron chi connectivity index (χ1n) is 12.1. The highest BCUT2D eigenvalue weighted by molar-refractivity contribution is 5.96. The Morgan fingerprint density at radius 3 is 2.70 bits per heavy atom. The zero-order chi connectivity index (χ0) is 23.3. The van der Waals surface area contributed by atoms with E-state index in [0.717, 1.165) is 53.8 Å². The van der Waals surface area contributed by atoms with Gasteiger partial charge in [0.25, 0.3) is 0 Å². The van der Waals surface area contributed by atoms with Gasteiger partial charge in [-0.25, -0.2) is 0 Å².